The fourth-order valence-electron chi connectivity index (χ4n) is 2.41. The maximum Gasteiger partial charge on any atom is 0.119 e. The molecule has 112 valence electrons. The highest BCUT2D eigenvalue weighted by Crippen LogP contribution is 2.25. The predicted octanol–water partition coefficient (Wildman–Crippen LogP) is 5.76. The number of hydrogen-bond acceptors (Lipinski definition) is 2. The van der Waals surface area contributed by atoms with Gasteiger partial charge in [0.05, 0.1) is 6.61 Å². The van der Waals surface area contributed by atoms with Gasteiger partial charge in [0.15, 0.2) is 0 Å². The fraction of sp³-hybridized carbons (Fsp3) is 0.200. The summed E-state index contributed by atoms with van der Waals surface area (Å²) in [4.78, 5) is 0. The van der Waals surface area contributed by atoms with E-state index in [4.69, 9.17) is 4.74 Å². The second-order valence-electron chi connectivity index (χ2n) is 5.42. The topological polar surface area (TPSA) is 21.3 Å². The first kappa shape index (κ1) is 14.5. The number of para-hydroxylation sites is 1. The molecule has 0 amide bonds. The van der Waals surface area contributed by atoms with Gasteiger partial charge in [0.1, 0.15) is 5.75 Å². The molecule has 3 aromatic rings. The lowest BCUT2D eigenvalue weighted by Crippen LogP contribution is -1.96. The molecule has 3 aromatic carbocycles. The fourth-order valence-corrected chi connectivity index (χ4v) is 2.41. The SMILES string of the molecule is CCCCOc1ccc2cc(Nc3ccccc3)ccc2c1. The molecule has 0 aromatic heterocycles. The van der Waals surface area contributed by atoms with Gasteiger partial charge in [-0.2, -0.15) is 0 Å². The van der Waals surface area contributed by atoms with E-state index in [9.17, 15) is 0 Å². The number of ether oxygens (including phenoxy) is 1. The molecule has 0 saturated carbocycles. The first-order valence-electron chi connectivity index (χ1n) is 7.84. The van der Waals surface area contributed by atoms with Crippen LogP contribution in [0.25, 0.3) is 10.8 Å². The van der Waals surface area contributed by atoms with Gasteiger partial charge < -0.3 is 10.1 Å². The lowest BCUT2D eigenvalue weighted by Gasteiger charge is -2.09. The summed E-state index contributed by atoms with van der Waals surface area (Å²) < 4.78 is 5.76. The highest BCUT2D eigenvalue weighted by atomic mass is 16.5. The summed E-state index contributed by atoms with van der Waals surface area (Å²) >= 11 is 0. The van der Waals surface area contributed by atoms with Crippen molar-refractivity contribution in [2.24, 2.45) is 0 Å². The monoisotopic (exact) mass is 291 g/mol. The van der Waals surface area contributed by atoms with Crippen LogP contribution in [0.3, 0.4) is 0 Å². The normalized spacial score (nSPS) is 10.6. The Morgan fingerprint density at radius 3 is 2.41 bits per heavy atom. The molecular formula is C20H21NO. The van der Waals surface area contributed by atoms with Crippen molar-refractivity contribution in [3.05, 3.63) is 66.7 Å². The van der Waals surface area contributed by atoms with Crippen molar-refractivity contribution in [3.8, 4) is 5.75 Å². The van der Waals surface area contributed by atoms with E-state index in [0.717, 1.165) is 36.6 Å². The van der Waals surface area contributed by atoms with Gasteiger partial charge in [0.25, 0.3) is 0 Å². The molecule has 0 spiro atoms. The van der Waals surface area contributed by atoms with Crippen molar-refractivity contribution in [1.29, 1.82) is 0 Å². The molecule has 0 heterocycles. The molecule has 0 aliphatic carbocycles. The Bertz CT molecular complexity index is 737. The highest BCUT2D eigenvalue weighted by Gasteiger charge is 2.00. The summed E-state index contributed by atoms with van der Waals surface area (Å²) in [6.45, 7) is 2.96. The van der Waals surface area contributed by atoms with Gasteiger partial charge in [-0.3, -0.25) is 0 Å². The Morgan fingerprint density at radius 2 is 1.59 bits per heavy atom. The van der Waals surface area contributed by atoms with Gasteiger partial charge in [-0.15, -0.1) is 0 Å². The average Bonchev–Trinajstić information content (AvgIpc) is 2.56. The van der Waals surface area contributed by atoms with Gasteiger partial charge in [-0.05, 0) is 53.6 Å². The molecular weight excluding hydrogens is 270 g/mol. The second-order valence-corrected chi connectivity index (χ2v) is 5.42. The van der Waals surface area contributed by atoms with Gasteiger partial charge in [0.2, 0.25) is 0 Å². The van der Waals surface area contributed by atoms with Crippen LogP contribution in [0.4, 0.5) is 11.4 Å². The molecule has 0 radical (unpaired) electrons. The maximum atomic E-state index is 5.76. The summed E-state index contributed by atoms with van der Waals surface area (Å²) in [5.41, 5.74) is 2.19. The molecule has 1 N–H and O–H groups in total. The van der Waals surface area contributed by atoms with E-state index in [0.29, 0.717) is 0 Å². The van der Waals surface area contributed by atoms with Gasteiger partial charge in [-0.1, -0.05) is 43.7 Å². The van der Waals surface area contributed by atoms with E-state index in [2.05, 4.69) is 54.7 Å². The van der Waals surface area contributed by atoms with Crippen molar-refractivity contribution in [1.82, 2.24) is 0 Å². The largest absolute Gasteiger partial charge is 0.494 e. The second kappa shape index (κ2) is 6.99. The third kappa shape index (κ3) is 3.59. The lowest BCUT2D eigenvalue weighted by molar-refractivity contribution is 0.310. The Hall–Kier alpha value is -2.48. The third-order valence-electron chi connectivity index (χ3n) is 3.64. The van der Waals surface area contributed by atoms with E-state index >= 15 is 0 Å². The molecule has 0 fully saturated rings. The Balaban J connectivity index is 1.77. The zero-order valence-corrected chi connectivity index (χ0v) is 12.9. The summed E-state index contributed by atoms with van der Waals surface area (Å²) in [5.74, 6) is 0.949. The average molecular weight is 291 g/mol. The van der Waals surface area contributed by atoms with Crippen LogP contribution in [-0.4, -0.2) is 6.61 Å². The number of anilines is 2. The molecule has 0 bridgehead atoms. The van der Waals surface area contributed by atoms with Crippen LogP contribution in [0, 0.1) is 0 Å². The molecule has 3 rings (SSSR count). The number of nitrogens with one attached hydrogen (secondary N) is 1. The van der Waals surface area contributed by atoms with Gasteiger partial charge in [0, 0.05) is 11.4 Å². The van der Waals surface area contributed by atoms with E-state index in [-0.39, 0.29) is 0 Å². The van der Waals surface area contributed by atoms with Crippen LogP contribution in [0.15, 0.2) is 66.7 Å². The van der Waals surface area contributed by atoms with Crippen LogP contribution in [-0.2, 0) is 0 Å². The van der Waals surface area contributed by atoms with Crippen LogP contribution < -0.4 is 10.1 Å². The van der Waals surface area contributed by atoms with E-state index in [1.54, 1.807) is 0 Å². The van der Waals surface area contributed by atoms with Crippen LogP contribution in [0.1, 0.15) is 19.8 Å². The Labute approximate surface area is 131 Å². The van der Waals surface area contributed by atoms with Crippen LogP contribution >= 0.6 is 0 Å². The summed E-state index contributed by atoms with van der Waals surface area (Å²) in [5, 5.41) is 5.83. The molecule has 0 saturated heterocycles. The highest BCUT2D eigenvalue weighted by molar-refractivity contribution is 5.87. The Morgan fingerprint density at radius 1 is 0.818 bits per heavy atom. The van der Waals surface area contributed by atoms with Crippen molar-refractivity contribution in [2.45, 2.75) is 19.8 Å². The zero-order valence-electron chi connectivity index (χ0n) is 12.9. The number of hydrogen-bond donors (Lipinski definition) is 1. The van der Waals surface area contributed by atoms with Gasteiger partial charge in [-0.25, -0.2) is 0 Å². The van der Waals surface area contributed by atoms with Gasteiger partial charge >= 0.3 is 0 Å². The van der Waals surface area contributed by atoms with Crippen molar-refractivity contribution < 1.29 is 4.74 Å². The minimum absolute atomic E-state index is 0.787. The predicted molar refractivity (Wildman–Crippen MR) is 94.1 cm³/mol. The zero-order chi connectivity index (χ0) is 15.2. The van der Waals surface area contributed by atoms with E-state index < -0.39 is 0 Å². The van der Waals surface area contributed by atoms with E-state index in [1.165, 1.54) is 10.8 Å². The molecule has 0 unspecified atom stereocenters. The summed E-state index contributed by atoms with van der Waals surface area (Å²) in [6.07, 6.45) is 2.25. The van der Waals surface area contributed by atoms with Crippen LogP contribution in [0.2, 0.25) is 0 Å². The molecule has 2 nitrogen and oxygen atoms in total. The van der Waals surface area contributed by atoms with E-state index in [1.807, 2.05) is 24.3 Å². The quantitative estimate of drug-likeness (QED) is 0.583. The number of unbranched alkanes of at least 4 members (excludes halogenated alkanes) is 1. The summed E-state index contributed by atoms with van der Waals surface area (Å²) in [7, 11) is 0. The first-order valence-corrected chi connectivity index (χ1v) is 7.84. The van der Waals surface area contributed by atoms with Crippen molar-refractivity contribution in [3.63, 3.8) is 0 Å². The summed E-state index contributed by atoms with van der Waals surface area (Å²) in [6, 6.07) is 22.9. The smallest absolute Gasteiger partial charge is 0.119 e. The molecule has 0 aliphatic rings. The van der Waals surface area contributed by atoms with Crippen molar-refractivity contribution >= 4 is 22.1 Å². The minimum Gasteiger partial charge on any atom is -0.494 e. The molecule has 0 aliphatic heterocycles. The molecule has 22 heavy (non-hydrogen) atoms. The lowest BCUT2D eigenvalue weighted by atomic mass is 10.1. The molecule has 2 heteroatoms. The standard InChI is InChI=1S/C20H21NO/c1-2-3-13-22-20-12-10-16-14-19(11-9-17(16)15-20)21-18-7-5-4-6-8-18/h4-12,14-15,21H,2-3,13H2,1H3. The van der Waals surface area contributed by atoms with Crippen LogP contribution in [0.5, 0.6) is 5.75 Å². The van der Waals surface area contributed by atoms with Crippen molar-refractivity contribution in [2.75, 3.05) is 11.9 Å². The number of rotatable bonds is 6. The molecule has 0 atom stereocenters. The first-order chi connectivity index (χ1) is 10.8. The third-order valence-corrected chi connectivity index (χ3v) is 3.64. The minimum atomic E-state index is 0.787. The number of benzene rings is 3. The Kier molecular flexibility index (Phi) is 4.59. The number of fused-ring (bicyclic) bond motifs is 1. The maximum absolute atomic E-state index is 5.76.